The van der Waals surface area contributed by atoms with Gasteiger partial charge < -0.3 is 5.73 Å². The fourth-order valence-corrected chi connectivity index (χ4v) is 1.08. The molecule has 0 aliphatic rings. The molecule has 16 heavy (non-hydrogen) atoms. The molecule has 0 spiro atoms. The summed E-state index contributed by atoms with van der Waals surface area (Å²) in [4.78, 5) is 9.56. The third-order valence-electron chi connectivity index (χ3n) is 1.83. The van der Waals surface area contributed by atoms with Gasteiger partial charge in [0.25, 0.3) is 5.69 Å². The SMILES string of the molecule is Cl.NCc1ccc(C(F)(F)F)cc1[N+](=O)[O-]. The van der Waals surface area contributed by atoms with Gasteiger partial charge in [-0.1, -0.05) is 6.07 Å². The Morgan fingerprint density at radius 2 is 1.94 bits per heavy atom. The van der Waals surface area contributed by atoms with Crippen LogP contribution >= 0.6 is 12.4 Å². The molecule has 8 heteroatoms. The van der Waals surface area contributed by atoms with E-state index in [9.17, 15) is 23.3 Å². The maximum absolute atomic E-state index is 12.2. The van der Waals surface area contributed by atoms with Gasteiger partial charge in [-0.3, -0.25) is 10.1 Å². The van der Waals surface area contributed by atoms with Crippen LogP contribution in [0.3, 0.4) is 0 Å². The number of nitrogens with two attached hydrogens (primary N) is 1. The zero-order valence-corrected chi connectivity index (χ0v) is 8.64. The van der Waals surface area contributed by atoms with Crippen LogP contribution < -0.4 is 5.73 Å². The van der Waals surface area contributed by atoms with Crippen molar-refractivity contribution < 1.29 is 18.1 Å². The van der Waals surface area contributed by atoms with Crippen LogP contribution in [-0.2, 0) is 12.7 Å². The van der Waals surface area contributed by atoms with Crippen LogP contribution in [0.4, 0.5) is 18.9 Å². The Balaban J connectivity index is 0.00000225. The van der Waals surface area contributed by atoms with Crippen molar-refractivity contribution in [3.05, 3.63) is 39.4 Å². The van der Waals surface area contributed by atoms with Gasteiger partial charge >= 0.3 is 6.18 Å². The summed E-state index contributed by atoms with van der Waals surface area (Å²) < 4.78 is 36.6. The second-order valence-electron chi connectivity index (χ2n) is 2.80. The average molecular weight is 257 g/mol. The van der Waals surface area contributed by atoms with Crippen LogP contribution in [0.25, 0.3) is 0 Å². The van der Waals surface area contributed by atoms with Gasteiger partial charge in [-0.05, 0) is 6.07 Å². The molecule has 0 aliphatic heterocycles. The summed E-state index contributed by atoms with van der Waals surface area (Å²) >= 11 is 0. The fraction of sp³-hybridized carbons (Fsp3) is 0.250. The van der Waals surface area contributed by atoms with E-state index in [1.54, 1.807) is 0 Å². The minimum atomic E-state index is -4.59. The third-order valence-corrected chi connectivity index (χ3v) is 1.83. The highest BCUT2D eigenvalue weighted by Crippen LogP contribution is 2.32. The Kier molecular flexibility index (Phi) is 4.70. The number of alkyl halides is 3. The van der Waals surface area contributed by atoms with Gasteiger partial charge in [0.2, 0.25) is 0 Å². The van der Waals surface area contributed by atoms with Gasteiger partial charge in [-0.2, -0.15) is 13.2 Å². The molecule has 0 saturated heterocycles. The Morgan fingerprint density at radius 1 is 1.38 bits per heavy atom. The van der Waals surface area contributed by atoms with E-state index >= 15 is 0 Å². The van der Waals surface area contributed by atoms with Crippen molar-refractivity contribution in [2.45, 2.75) is 12.7 Å². The third kappa shape index (κ3) is 3.07. The summed E-state index contributed by atoms with van der Waals surface area (Å²) in [7, 11) is 0. The van der Waals surface area contributed by atoms with Gasteiger partial charge in [0.15, 0.2) is 0 Å². The van der Waals surface area contributed by atoms with Gasteiger partial charge in [0.05, 0.1) is 10.5 Å². The largest absolute Gasteiger partial charge is 0.416 e. The zero-order valence-electron chi connectivity index (χ0n) is 7.82. The lowest BCUT2D eigenvalue weighted by Gasteiger charge is -2.07. The molecule has 0 unspecified atom stereocenters. The Hall–Kier alpha value is -1.34. The number of halogens is 4. The Morgan fingerprint density at radius 3 is 2.31 bits per heavy atom. The minimum absolute atomic E-state index is 0. The lowest BCUT2D eigenvalue weighted by molar-refractivity contribution is -0.385. The minimum Gasteiger partial charge on any atom is -0.326 e. The first-order valence-corrected chi connectivity index (χ1v) is 3.91. The molecule has 0 aliphatic carbocycles. The van der Waals surface area contributed by atoms with Crippen molar-refractivity contribution in [1.82, 2.24) is 0 Å². The Labute approximate surface area is 94.8 Å². The number of nitrogens with zero attached hydrogens (tertiary/aromatic N) is 1. The molecule has 1 rings (SSSR count). The Bertz CT molecular complexity index is 395. The molecular weight excluding hydrogens is 249 g/mol. The van der Waals surface area contributed by atoms with Crippen molar-refractivity contribution in [2.75, 3.05) is 0 Å². The second-order valence-corrected chi connectivity index (χ2v) is 2.80. The molecule has 0 heterocycles. The van der Waals surface area contributed by atoms with E-state index in [-0.39, 0.29) is 24.5 Å². The van der Waals surface area contributed by atoms with Crippen LogP contribution in [0.15, 0.2) is 18.2 Å². The molecule has 0 saturated carbocycles. The van der Waals surface area contributed by atoms with Crippen LogP contribution in [0.1, 0.15) is 11.1 Å². The highest BCUT2D eigenvalue weighted by atomic mass is 35.5. The molecule has 0 aromatic heterocycles. The maximum atomic E-state index is 12.2. The lowest BCUT2D eigenvalue weighted by atomic mass is 10.1. The molecule has 90 valence electrons. The molecule has 4 nitrogen and oxygen atoms in total. The van der Waals surface area contributed by atoms with Gasteiger partial charge in [-0.25, -0.2) is 0 Å². The molecule has 0 amide bonds. The summed E-state index contributed by atoms with van der Waals surface area (Å²) in [5, 5.41) is 10.4. The molecule has 1 aromatic rings. The standard InChI is InChI=1S/C8H7F3N2O2.ClH/c9-8(10,11)6-2-1-5(4-12)7(3-6)13(14)15;/h1-3H,4,12H2;1H. The van der Waals surface area contributed by atoms with Crippen LogP contribution in [0.5, 0.6) is 0 Å². The quantitative estimate of drug-likeness (QED) is 0.653. The molecular formula is C8H8ClF3N2O2. The fourth-order valence-electron chi connectivity index (χ4n) is 1.08. The summed E-state index contributed by atoms with van der Waals surface area (Å²) in [6.45, 7) is -0.172. The number of nitro benzene ring substituents is 1. The highest BCUT2D eigenvalue weighted by molar-refractivity contribution is 5.85. The van der Waals surface area contributed by atoms with E-state index in [1.165, 1.54) is 0 Å². The van der Waals surface area contributed by atoms with Gasteiger partial charge in [0.1, 0.15) is 0 Å². The molecule has 2 N–H and O–H groups in total. The number of rotatable bonds is 2. The first-order valence-electron chi connectivity index (χ1n) is 3.91. The van der Waals surface area contributed by atoms with Gasteiger partial charge in [-0.15, -0.1) is 12.4 Å². The van der Waals surface area contributed by atoms with E-state index in [0.29, 0.717) is 6.07 Å². The summed E-state index contributed by atoms with van der Waals surface area (Å²) in [5.41, 5.74) is 3.58. The van der Waals surface area contributed by atoms with Crippen molar-refractivity contribution in [2.24, 2.45) is 5.73 Å². The summed E-state index contributed by atoms with van der Waals surface area (Å²) in [6.07, 6.45) is -4.59. The van der Waals surface area contributed by atoms with E-state index in [4.69, 9.17) is 5.73 Å². The molecule has 1 aromatic carbocycles. The van der Waals surface area contributed by atoms with E-state index in [0.717, 1.165) is 12.1 Å². The van der Waals surface area contributed by atoms with Crippen molar-refractivity contribution in [3.8, 4) is 0 Å². The zero-order chi connectivity index (χ0) is 11.6. The predicted molar refractivity (Wildman–Crippen MR) is 53.2 cm³/mol. The number of hydrogen-bond acceptors (Lipinski definition) is 3. The first-order chi connectivity index (χ1) is 6.86. The molecule has 0 bridgehead atoms. The van der Waals surface area contributed by atoms with E-state index in [2.05, 4.69) is 0 Å². The molecule has 0 radical (unpaired) electrons. The molecule has 0 atom stereocenters. The van der Waals surface area contributed by atoms with Crippen LogP contribution in [0, 0.1) is 10.1 Å². The monoisotopic (exact) mass is 256 g/mol. The van der Waals surface area contributed by atoms with Crippen molar-refractivity contribution in [1.29, 1.82) is 0 Å². The lowest BCUT2D eigenvalue weighted by Crippen LogP contribution is -2.08. The van der Waals surface area contributed by atoms with Crippen molar-refractivity contribution >= 4 is 18.1 Å². The maximum Gasteiger partial charge on any atom is 0.416 e. The van der Waals surface area contributed by atoms with E-state index < -0.39 is 22.4 Å². The topological polar surface area (TPSA) is 69.2 Å². The van der Waals surface area contributed by atoms with Crippen molar-refractivity contribution in [3.63, 3.8) is 0 Å². The predicted octanol–water partition coefficient (Wildman–Crippen LogP) is 2.49. The molecule has 0 fully saturated rings. The second kappa shape index (κ2) is 5.13. The number of benzene rings is 1. The summed E-state index contributed by atoms with van der Waals surface area (Å²) in [5.74, 6) is 0. The number of nitro groups is 1. The number of hydrogen-bond donors (Lipinski definition) is 1. The highest BCUT2D eigenvalue weighted by Gasteiger charge is 2.32. The normalized spacial score (nSPS) is 10.8. The van der Waals surface area contributed by atoms with Gasteiger partial charge in [0, 0.05) is 18.2 Å². The van der Waals surface area contributed by atoms with E-state index in [1.807, 2.05) is 0 Å². The first kappa shape index (κ1) is 14.7. The average Bonchev–Trinajstić information content (AvgIpc) is 2.15. The smallest absolute Gasteiger partial charge is 0.326 e. The summed E-state index contributed by atoms with van der Waals surface area (Å²) in [6, 6.07) is 2.28. The van der Waals surface area contributed by atoms with Crippen LogP contribution in [-0.4, -0.2) is 4.92 Å². The van der Waals surface area contributed by atoms with Crippen LogP contribution in [0.2, 0.25) is 0 Å².